The minimum absolute atomic E-state index is 0.0713. The van der Waals surface area contributed by atoms with Crippen molar-refractivity contribution in [1.29, 1.82) is 0 Å². The molecule has 0 spiro atoms. The van der Waals surface area contributed by atoms with Crippen LogP contribution < -0.4 is 10.6 Å². The van der Waals surface area contributed by atoms with Crippen LogP contribution in [0.15, 0.2) is 0 Å². The van der Waals surface area contributed by atoms with E-state index in [1.807, 2.05) is 4.90 Å². The molecular weight excluding hydrogens is 302 g/mol. The van der Waals surface area contributed by atoms with Gasteiger partial charge in [-0.05, 0) is 12.8 Å². The molecule has 1 aromatic heterocycles. The summed E-state index contributed by atoms with van der Waals surface area (Å²) < 4.78 is 9.64. The zero-order chi connectivity index (χ0) is 15.6. The van der Waals surface area contributed by atoms with E-state index in [4.69, 9.17) is 10.5 Å². The molecule has 8 heteroatoms. The van der Waals surface area contributed by atoms with Gasteiger partial charge < -0.3 is 20.3 Å². The molecule has 0 bridgehead atoms. The Labute approximate surface area is 134 Å². The number of aryl methyl sites for hydroxylation is 1. The number of nitrogens with two attached hydrogens (primary N) is 1. The summed E-state index contributed by atoms with van der Waals surface area (Å²) in [5.74, 6) is 0.962. The number of aromatic nitrogens is 2. The van der Waals surface area contributed by atoms with Crippen LogP contribution in [0.2, 0.25) is 0 Å². The highest BCUT2D eigenvalue weighted by atomic mass is 32.1. The lowest BCUT2D eigenvalue weighted by atomic mass is 9.89. The first kappa shape index (κ1) is 15.6. The summed E-state index contributed by atoms with van der Waals surface area (Å²) in [7, 11) is 0. The number of rotatable bonds is 3. The van der Waals surface area contributed by atoms with Gasteiger partial charge in [0.25, 0.3) is 0 Å². The van der Waals surface area contributed by atoms with Crippen molar-refractivity contribution in [2.45, 2.75) is 31.7 Å². The van der Waals surface area contributed by atoms with Gasteiger partial charge in [0.15, 0.2) is 0 Å². The Balaban J connectivity index is 1.58. The van der Waals surface area contributed by atoms with Crippen LogP contribution in [0.25, 0.3) is 0 Å². The highest BCUT2D eigenvalue weighted by Gasteiger charge is 2.39. The average molecular weight is 325 g/mol. The Morgan fingerprint density at radius 3 is 2.59 bits per heavy atom. The van der Waals surface area contributed by atoms with E-state index in [0.29, 0.717) is 39.1 Å². The fourth-order valence-electron chi connectivity index (χ4n) is 2.88. The lowest BCUT2D eigenvalue weighted by molar-refractivity contribution is -0.140. The van der Waals surface area contributed by atoms with Crippen molar-refractivity contribution in [1.82, 2.24) is 14.3 Å². The maximum atomic E-state index is 12.7. The van der Waals surface area contributed by atoms with Crippen LogP contribution in [0.4, 0.5) is 5.13 Å². The van der Waals surface area contributed by atoms with Crippen molar-refractivity contribution in [2.75, 3.05) is 44.3 Å². The smallest absolute Gasteiger partial charge is 0.242 e. The maximum Gasteiger partial charge on any atom is 0.242 e. The number of nitrogens with zero attached hydrogens (tertiary/aromatic N) is 4. The maximum absolute atomic E-state index is 12.7. The number of hydrogen-bond acceptors (Lipinski definition) is 7. The summed E-state index contributed by atoms with van der Waals surface area (Å²) in [4.78, 5) is 21.3. The van der Waals surface area contributed by atoms with E-state index in [1.165, 1.54) is 11.5 Å². The highest BCUT2D eigenvalue weighted by molar-refractivity contribution is 7.09. The van der Waals surface area contributed by atoms with E-state index in [-0.39, 0.29) is 5.91 Å². The van der Waals surface area contributed by atoms with Crippen LogP contribution in [0.1, 0.15) is 25.6 Å². The summed E-state index contributed by atoms with van der Waals surface area (Å²) in [6.07, 6.45) is 2.08. The number of ether oxygens (including phenoxy) is 1. The molecule has 2 N–H and O–H groups in total. The molecule has 0 aromatic carbocycles. The van der Waals surface area contributed by atoms with Gasteiger partial charge in [0.2, 0.25) is 11.0 Å². The third-order valence-corrected chi connectivity index (χ3v) is 5.24. The second kappa shape index (κ2) is 6.47. The minimum atomic E-state index is -0.738. The van der Waals surface area contributed by atoms with Gasteiger partial charge in [-0.15, -0.1) is 0 Å². The number of piperazine rings is 1. The predicted octanol–water partition coefficient (Wildman–Crippen LogP) is 0.257. The van der Waals surface area contributed by atoms with E-state index in [2.05, 4.69) is 21.2 Å². The van der Waals surface area contributed by atoms with Crippen LogP contribution in [-0.2, 0) is 16.0 Å². The van der Waals surface area contributed by atoms with Crippen molar-refractivity contribution in [3.8, 4) is 0 Å². The summed E-state index contributed by atoms with van der Waals surface area (Å²) >= 11 is 1.44. The Morgan fingerprint density at radius 2 is 2.00 bits per heavy atom. The molecule has 1 amide bonds. The molecule has 7 nitrogen and oxygen atoms in total. The number of amides is 1. The standard InChI is InChI=1S/C14H23N5O2S/c1-2-11-16-13(22-17-11)19-7-5-18(6-8-19)12(20)14(15)3-9-21-10-4-14/h2-10,15H2,1H3. The van der Waals surface area contributed by atoms with Crippen LogP contribution in [-0.4, -0.2) is 65.1 Å². The first-order valence-electron chi connectivity index (χ1n) is 7.86. The summed E-state index contributed by atoms with van der Waals surface area (Å²) in [6.45, 7) is 6.17. The van der Waals surface area contributed by atoms with E-state index in [0.717, 1.165) is 30.5 Å². The molecule has 0 atom stereocenters. The monoisotopic (exact) mass is 325 g/mol. The van der Waals surface area contributed by atoms with Crippen molar-refractivity contribution >= 4 is 22.6 Å². The zero-order valence-corrected chi connectivity index (χ0v) is 13.8. The van der Waals surface area contributed by atoms with E-state index >= 15 is 0 Å². The first-order valence-corrected chi connectivity index (χ1v) is 8.63. The van der Waals surface area contributed by atoms with Gasteiger partial charge in [-0.2, -0.15) is 4.37 Å². The molecule has 2 fully saturated rings. The molecule has 22 heavy (non-hydrogen) atoms. The topological polar surface area (TPSA) is 84.6 Å². The van der Waals surface area contributed by atoms with Gasteiger partial charge >= 0.3 is 0 Å². The third-order valence-electron chi connectivity index (χ3n) is 4.42. The number of carbonyl (C=O) groups excluding carboxylic acids is 1. The van der Waals surface area contributed by atoms with Gasteiger partial charge in [-0.3, -0.25) is 4.79 Å². The van der Waals surface area contributed by atoms with Gasteiger partial charge in [0, 0.05) is 57.3 Å². The molecule has 0 aliphatic carbocycles. The van der Waals surface area contributed by atoms with Crippen molar-refractivity contribution in [3.05, 3.63) is 5.82 Å². The van der Waals surface area contributed by atoms with Crippen molar-refractivity contribution in [3.63, 3.8) is 0 Å². The molecular formula is C14H23N5O2S. The second-order valence-electron chi connectivity index (χ2n) is 5.89. The van der Waals surface area contributed by atoms with Crippen LogP contribution in [0, 0.1) is 0 Å². The molecule has 2 aliphatic rings. The first-order chi connectivity index (χ1) is 10.6. The average Bonchev–Trinajstić information content (AvgIpc) is 3.04. The van der Waals surface area contributed by atoms with E-state index in [1.54, 1.807) is 0 Å². The molecule has 0 saturated carbocycles. The van der Waals surface area contributed by atoms with Crippen molar-refractivity contribution < 1.29 is 9.53 Å². The summed E-state index contributed by atoms with van der Waals surface area (Å²) in [6, 6.07) is 0. The largest absolute Gasteiger partial charge is 0.381 e. The van der Waals surface area contributed by atoms with Crippen LogP contribution in [0.3, 0.4) is 0 Å². The molecule has 0 radical (unpaired) electrons. The Morgan fingerprint density at radius 1 is 1.32 bits per heavy atom. The molecule has 0 unspecified atom stereocenters. The molecule has 1 aromatic rings. The fourth-order valence-corrected chi connectivity index (χ4v) is 3.68. The van der Waals surface area contributed by atoms with Gasteiger partial charge in [0.05, 0.1) is 5.54 Å². The van der Waals surface area contributed by atoms with Gasteiger partial charge in [-0.1, -0.05) is 6.92 Å². The van der Waals surface area contributed by atoms with E-state index < -0.39 is 5.54 Å². The predicted molar refractivity (Wildman–Crippen MR) is 85.1 cm³/mol. The molecule has 3 rings (SSSR count). The molecule has 2 aliphatic heterocycles. The fraction of sp³-hybridized carbons (Fsp3) is 0.786. The number of anilines is 1. The zero-order valence-electron chi connectivity index (χ0n) is 13.0. The molecule has 122 valence electrons. The number of hydrogen-bond donors (Lipinski definition) is 1. The van der Waals surface area contributed by atoms with Crippen LogP contribution >= 0.6 is 11.5 Å². The van der Waals surface area contributed by atoms with E-state index in [9.17, 15) is 4.79 Å². The van der Waals surface area contributed by atoms with Gasteiger partial charge in [0.1, 0.15) is 5.82 Å². The summed E-state index contributed by atoms with van der Waals surface area (Å²) in [5, 5.41) is 0.956. The van der Waals surface area contributed by atoms with Crippen molar-refractivity contribution in [2.24, 2.45) is 5.73 Å². The Hall–Kier alpha value is -1.25. The van der Waals surface area contributed by atoms with Gasteiger partial charge in [-0.25, -0.2) is 4.98 Å². The quantitative estimate of drug-likeness (QED) is 0.858. The highest BCUT2D eigenvalue weighted by Crippen LogP contribution is 2.23. The lowest BCUT2D eigenvalue weighted by Gasteiger charge is -2.40. The second-order valence-corrected chi connectivity index (χ2v) is 6.62. The number of carbonyl (C=O) groups is 1. The summed E-state index contributed by atoms with van der Waals surface area (Å²) in [5.41, 5.74) is 5.56. The van der Waals surface area contributed by atoms with Crippen LogP contribution in [0.5, 0.6) is 0 Å². The lowest BCUT2D eigenvalue weighted by Crippen LogP contribution is -2.61. The third kappa shape index (κ3) is 3.09. The molecule has 2 saturated heterocycles. The minimum Gasteiger partial charge on any atom is -0.381 e. The SMILES string of the molecule is CCc1nsc(N2CCN(C(=O)C3(N)CCOCC3)CC2)n1. The normalized spacial score (nSPS) is 21.9. The molecule has 3 heterocycles. The Bertz CT molecular complexity index is 521. The Kier molecular flexibility index (Phi) is 4.60.